The molecule has 0 saturated heterocycles. The van der Waals surface area contributed by atoms with Crippen molar-refractivity contribution in [1.82, 2.24) is 0 Å². The van der Waals surface area contributed by atoms with Crippen molar-refractivity contribution in [2.75, 3.05) is 0 Å². The van der Waals surface area contributed by atoms with Crippen molar-refractivity contribution < 1.29 is 27.7 Å². The Morgan fingerprint density at radius 1 is 1.13 bits per heavy atom. The summed E-state index contributed by atoms with van der Waals surface area (Å²) >= 11 is 0. The zero-order valence-corrected chi connectivity index (χ0v) is 12.0. The van der Waals surface area contributed by atoms with Gasteiger partial charge in [-0.05, 0) is 17.1 Å². The third-order valence-corrected chi connectivity index (χ3v) is 3.54. The van der Waals surface area contributed by atoms with Gasteiger partial charge >= 0.3 is 13.7 Å². The SMILES string of the molecule is OC1O[B]c2c1ccc(OCc1ccccc1)c2CC(F)(F)F. The predicted octanol–water partition coefficient (Wildman–Crippen LogP) is 2.64. The van der Waals surface area contributed by atoms with E-state index >= 15 is 0 Å². The Morgan fingerprint density at radius 3 is 2.57 bits per heavy atom. The number of ether oxygens (including phenoxy) is 1. The van der Waals surface area contributed by atoms with E-state index in [1.54, 1.807) is 0 Å². The molecule has 119 valence electrons. The molecule has 2 aromatic carbocycles. The molecule has 23 heavy (non-hydrogen) atoms. The van der Waals surface area contributed by atoms with Crippen LogP contribution in [0.2, 0.25) is 0 Å². The lowest BCUT2D eigenvalue weighted by molar-refractivity contribution is -0.127. The lowest BCUT2D eigenvalue weighted by atomic mass is 9.81. The summed E-state index contributed by atoms with van der Waals surface area (Å²) in [6, 6.07) is 12.1. The van der Waals surface area contributed by atoms with Gasteiger partial charge in [-0.25, -0.2) is 0 Å². The summed E-state index contributed by atoms with van der Waals surface area (Å²) in [4.78, 5) is 0. The van der Waals surface area contributed by atoms with Gasteiger partial charge in [-0.1, -0.05) is 36.4 Å². The molecule has 0 spiro atoms. The lowest BCUT2D eigenvalue weighted by Gasteiger charge is -2.17. The number of aliphatic hydroxyl groups excluding tert-OH is 1. The van der Waals surface area contributed by atoms with Gasteiger partial charge in [0.1, 0.15) is 12.4 Å². The first-order valence-electron chi connectivity index (χ1n) is 7.00. The first-order chi connectivity index (χ1) is 10.9. The Hall–Kier alpha value is -1.99. The monoisotopic (exact) mass is 321 g/mol. The van der Waals surface area contributed by atoms with Crippen molar-refractivity contribution in [1.29, 1.82) is 0 Å². The molecule has 0 fully saturated rings. The third-order valence-electron chi connectivity index (χ3n) is 3.54. The highest BCUT2D eigenvalue weighted by Gasteiger charge is 2.35. The third kappa shape index (κ3) is 3.68. The van der Waals surface area contributed by atoms with Gasteiger partial charge in [0, 0.05) is 11.1 Å². The van der Waals surface area contributed by atoms with Crippen molar-refractivity contribution in [3.05, 3.63) is 59.2 Å². The Kier molecular flexibility index (Phi) is 4.32. The maximum absolute atomic E-state index is 12.9. The fourth-order valence-corrected chi connectivity index (χ4v) is 2.48. The van der Waals surface area contributed by atoms with Crippen LogP contribution in [0.15, 0.2) is 42.5 Å². The molecule has 7 heteroatoms. The Labute approximate surface area is 131 Å². The van der Waals surface area contributed by atoms with Crippen LogP contribution in [0.5, 0.6) is 5.75 Å². The number of hydrogen-bond donors (Lipinski definition) is 1. The van der Waals surface area contributed by atoms with E-state index in [0.717, 1.165) is 13.0 Å². The summed E-state index contributed by atoms with van der Waals surface area (Å²) in [5, 5.41) is 9.63. The van der Waals surface area contributed by atoms with E-state index in [2.05, 4.69) is 0 Å². The molecule has 0 aliphatic carbocycles. The molecule has 0 aromatic heterocycles. The summed E-state index contributed by atoms with van der Waals surface area (Å²) in [6.07, 6.45) is -6.77. The summed E-state index contributed by atoms with van der Waals surface area (Å²) < 4.78 is 49.1. The quantitative estimate of drug-likeness (QED) is 0.880. The van der Waals surface area contributed by atoms with Crippen LogP contribution in [0.4, 0.5) is 13.2 Å². The first kappa shape index (κ1) is 15.9. The van der Waals surface area contributed by atoms with Gasteiger partial charge in [0.25, 0.3) is 0 Å². The van der Waals surface area contributed by atoms with E-state index in [-0.39, 0.29) is 23.4 Å². The highest BCUT2D eigenvalue weighted by molar-refractivity contribution is 6.50. The van der Waals surface area contributed by atoms with Crippen molar-refractivity contribution in [2.45, 2.75) is 25.5 Å². The van der Waals surface area contributed by atoms with Crippen LogP contribution in [0.1, 0.15) is 23.0 Å². The van der Waals surface area contributed by atoms with Crippen LogP contribution < -0.4 is 10.2 Å². The van der Waals surface area contributed by atoms with Gasteiger partial charge in [-0.3, -0.25) is 0 Å². The van der Waals surface area contributed by atoms with Gasteiger partial charge in [0.2, 0.25) is 0 Å². The zero-order chi connectivity index (χ0) is 16.4. The molecule has 0 amide bonds. The number of aliphatic hydroxyl groups is 1. The van der Waals surface area contributed by atoms with Crippen LogP contribution in [0, 0.1) is 0 Å². The summed E-state index contributed by atoms with van der Waals surface area (Å²) in [7, 11) is 1.15. The molecule has 1 heterocycles. The van der Waals surface area contributed by atoms with Gasteiger partial charge < -0.3 is 14.5 Å². The molecule has 0 bridgehead atoms. The fourth-order valence-electron chi connectivity index (χ4n) is 2.48. The molecule has 1 N–H and O–H groups in total. The maximum atomic E-state index is 12.9. The molecule has 1 radical (unpaired) electrons. The zero-order valence-electron chi connectivity index (χ0n) is 12.0. The maximum Gasteiger partial charge on any atom is 0.393 e. The Bertz CT molecular complexity index is 689. The van der Waals surface area contributed by atoms with Crippen LogP contribution in [0.25, 0.3) is 0 Å². The average Bonchev–Trinajstić information content (AvgIpc) is 2.88. The molecular formula is C16H13BF3O3. The summed E-state index contributed by atoms with van der Waals surface area (Å²) in [5.41, 5.74) is 1.38. The second-order valence-corrected chi connectivity index (χ2v) is 5.22. The van der Waals surface area contributed by atoms with Crippen LogP contribution in [-0.4, -0.2) is 18.8 Å². The second kappa shape index (κ2) is 6.25. The first-order valence-corrected chi connectivity index (χ1v) is 7.00. The molecule has 3 nitrogen and oxygen atoms in total. The number of halogens is 3. The summed E-state index contributed by atoms with van der Waals surface area (Å²) in [5.74, 6) is 0.138. The van der Waals surface area contributed by atoms with Crippen molar-refractivity contribution in [2.24, 2.45) is 0 Å². The van der Waals surface area contributed by atoms with Crippen molar-refractivity contribution in [3.8, 4) is 5.75 Å². The van der Waals surface area contributed by atoms with E-state index in [0.29, 0.717) is 5.56 Å². The normalized spacial score (nSPS) is 16.8. The molecular weight excluding hydrogens is 308 g/mol. The van der Waals surface area contributed by atoms with Crippen LogP contribution in [0.3, 0.4) is 0 Å². The Morgan fingerprint density at radius 2 is 1.87 bits per heavy atom. The molecule has 1 atom stereocenters. The van der Waals surface area contributed by atoms with E-state index in [9.17, 15) is 18.3 Å². The predicted molar refractivity (Wildman–Crippen MR) is 78.4 cm³/mol. The van der Waals surface area contributed by atoms with Crippen molar-refractivity contribution >= 4 is 12.9 Å². The Balaban J connectivity index is 1.90. The van der Waals surface area contributed by atoms with Crippen LogP contribution >= 0.6 is 0 Å². The number of hydrogen-bond acceptors (Lipinski definition) is 3. The van der Waals surface area contributed by atoms with Gasteiger partial charge in [0.15, 0.2) is 6.29 Å². The molecule has 3 rings (SSSR count). The fraction of sp³-hybridized carbons (Fsp3) is 0.250. The topological polar surface area (TPSA) is 38.7 Å². The van der Waals surface area contributed by atoms with E-state index in [4.69, 9.17) is 9.39 Å². The highest BCUT2D eigenvalue weighted by atomic mass is 19.4. The number of benzene rings is 2. The smallest absolute Gasteiger partial charge is 0.393 e. The molecule has 0 saturated carbocycles. The van der Waals surface area contributed by atoms with Crippen molar-refractivity contribution in [3.63, 3.8) is 0 Å². The summed E-state index contributed by atoms with van der Waals surface area (Å²) in [6.45, 7) is 0.161. The van der Waals surface area contributed by atoms with E-state index in [1.807, 2.05) is 30.3 Å². The van der Waals surface area contributed by atoms with E-state index in [1.165, 1.54) is 12.1 Å². The molecule has 2 aromatic rings. The molecule has 1 aliphatic heterocycles. The number of fused-ring (bicyclic) bond motifs is 1. The minimum atomic E-state index is -4.39. The van der Waals surface area contributed by atoms with Gasteiger partial charge in [-0.2, -0.15) is 13.2 Å². The van der Waals surface area contributed by atoms with E-state index < -0.39 is 18.9 Å². The number of alkyl halides is 3. The van der Waals surface area contributed by atoms with Crippen LogP contribution in [-0.2, 0) is 17.7 Å². The minimum Gasteiger partial charge on any atom is -0.489 e. The standard InChI is InChI=1S/C16H13BF3O3/c18-16(19,20)8-12-13(22-9-10-4-2-1-3-5-10)7-6-11-14(12)17-23-15(11)21/h1-7,15,21H,8-9H2. The molecule has 1 aliphatic rings. The van der Waals surface area contributed by atoms with Gasteiger partial charge in [-0.15, -0.1) is 0 Å². The lowest BCUT2D eigenvalue weighted by Crippen LogP contribution is -2.24. The molecule has 1 unspecified atom stereocenters. The minimum absolute atomic E-state index is 0.0255. The second-order valence-electron chi connectivity index (χ2n) is 5.22. The largest absolute Gasteiger partial charge is 0.489 e. The average molecular weight is 321 g/mol. The van der Waals surface area contributed by atoms with Gasteiger partial charge in [0.05, 0.1) is 6.42 Å². The number of rotatable bonds is 4. The highest BCUT2D eigenvalue weighted by Crippen LogP contribution is 2.31.